The smallest absolute Gasteiger partial charge is 0.161 e. The summed E-state index contributed by atoms with van der Waals surface area (Å²) in [6.07, 6.45) is 4.94. The lowest BCUT2D eigenvalue weighted by atomic mass is 9.89. The number of carbonyl (C=O) groups is 1. The number of fused-ring (bicyclic) bond motifs is 1. The Balaban J connectivity index is 2.01. The molecule has 3 rings (SSSR count). The van der Waals surface area contributed by atoms with E-state index < -0.39 is 0 Å². The summed E-state index contributed by atoms with van der Waals surface area (Å²) in [5, 5.41) is 0.535. The topological polar surface area (TPSA) is 17.1 Å². The molecule has 0 bridgehead atoms. The van der Waals surface area contributed by atoms with Crippen LogP contribution in [0.1, 0.15) is 41.3 Å². The maximum atomic E-state index is 11.4. The quantitative estimate of drug-likeness (QED) is 0.702. The van der Waals surface area contributed by atoms with Gasteiger partial charge in [0.05, 0.1) is 5.02 Å². The molecule has 0 heterocycles. The molecule has 2 aromatic rings. The van der Waals surface area contributed by atoms with Crippen LogP contribution in [0, 0.1) is 0 Å². The Kier molecular flexibility index (Phi) is 3.62. The van der Waals surface area contributed by atoms with Crippen LogP contribution in [-0.2, 0) is 12.8 Å². The van der Waals surface area contributed by atoms with Gasteiger partial charge in [0.1, 0.15) is 0 Å². The molecule has 1 aliphatic carbocycles. The Morgan fingerprint density at radius 2 is 1.60 bits per heavy atom. The van der Waals surface area contributed by atoms with Crippen molar-refractivity contribution in [3.63, 3.8) is 0 Å². The van der Waals surface area contributed by atoms with Crippen LogP contribution < -0.4 is 0 Å². The molecule has 2 aromatic carbocycles. The molecule has 102 valence electrons. The van der Waals surface area contributed by atoms with Gasteiger partial charge in [-0.2, -0.15) is 0 Å². The van der Waals surface area contributed by atoms with Gasteiger partial charge in [-0.05, 0) is 67.0 Å². The molecule has 0 amide bonds. The highest BCUT2D eigenvalue weighted by atomic mass is 35.5. The van der Waals surface area contributed by atoms with Gasteiger partial charge >= 0.3 is 0 Å². The first-order valence-corrected chi connectivity index (χ1v) is 7.45. The fourth-order valence-corrected chi connectivity index (χ4v) is 3.21. The molecule has 2 heteroatoms. The average molecular weight is 285 g/mol. The summed E-state index contributed by atoms with van der Waals surface area (Å²) < 4.78 is 0. The maximum Gasteiger partial charge on any atom is 0.161 e. The van der Waals surface area contributed by atoms with Gasteiger partial charge in [0.2, 0.25) is 0 Å². The molecule has 0 aliphatic heterocycles. The van der Waals surface area contributed by atoms with Crippen LogP contribution in [0.5, 0.6) is 0 Å². The third-order valence-corrected chi connectivity index (χ3v) is 4.34. The lowest BCUT2D eigenvalue weighted by molar-refractivity contribution is 0.101. The number of rotatable bonds is 2. The van der Waals surface area contributed by atoms with Crippen LogP contribution >= 0.6 is 11.6 Å². The fraction of sp³-hybridized carbons (Fsp3) is 0.278. The summed E-state index contributed by atoms with van der Waals surface area (Å²) in [4.78, 5) is 11.4. The Labute approximate surface area is 124 Å². The Morgan fingerprint density at radius 3 is 2.30 bits per heavy atom. The van der Waals surface area contributed by atoms with Gasteiger partial charge in [0.15, 0.2) is 5.78 Å². The molecule has 0 spiro atoms. The minimum absolute atomic E-state index is 0.00647. The van der Waals surface area contributed by atoms with Crippen molar-refractivity contribution in [2.75, 3.05) is 0 Å². The highest BCUT2D eigenvalue weighted by Gasteiger charge is 2.11. The molecule has 0 N–H and O–H groups in total. The van der Waals surface area contributed by atoms with E-state index in [2.05, 4.69) is 18.2 Å². The summed E-state index contributed by atoms with van der Waals surface area (Å²) in [5.41, 5.74) is 5.79. The lowest BCUT2D eigenvalue weighted by Gasteiger charge is -2.17. The van der Waals surface area contributed by atoms with E-state index in [9.17, 15) is 4.79 Å². The summed E-state index contributed by atoms with van der Waals surface area (Å²) >= 11 is 6.20. The van der Waals surface area contributed by atoms with Gasteiger partial charge in [0, 0.05) is 5.56 Å². The second kappa shape index (κ2) is 5.41. The number of hydrogen-bond acceptors (Lipinski definition) is 1. The number of aryl methyl sites for hydroxylation is 2. The first-order chi connectivity index (χ1) is 9.65. The van der Waals surface area contributed by atoms with Gasteiger partial charge in [-0.3, -0.25) is 4.79 Å². The molecule has 0 unspecified atom stereocenters. The van der Waals surface area contributed by atoms with E-state index in [1.54, 1.807) is 6.92 Å². The van der Waals surface area contributed by atoms with E-state index in [0.717, 1.165) is 5.56 Å². The number of Topliss-reactive ketones (excluding diaryl/α,β-unsaturated/α-hetero) is 1. The van der Waals surface area contributed by atoms with E-state index in [4.69, 9.17) is 11.6 Å². The summed E-state index contributed by atoms with van der Waals surface area (Å²) in [5.74, 6) is 0.00647. The predicted molar refractivity (Wildman–Crippen MR) is 83.5 cm³/mol. The molecular weight excluding hydrogens is 268 g/mol. The highest BCUT2D eigenvalue weighted by molar-refractivity contribution is 6.34. The van der Waals surface area contributed by atoms with Crippen molar-refractivity contribution < 1.29 is 4.79 Å². The Bertz CT molecular complexity index is 673. The molecule has 1 nitrogen and oxygen atoms in total. The number of benzene rings is 2. The molecular formula is C18H17ClO. The third-order valence-electron chi connectivity index (χ3n) is 4.03. The molecule has 0 saturated carbocycles. The SMILES string of the molecule is CC(=O)c1ccc(-c2ccc3c(c2)CCCC3)cc1Cl. The normalized spacial score (nSPS) is 13.9. The fourth-order valence-electron chi connectivity index (χ4n) is 2.89. The monoisotopic (exact) mass is 284 g/mol. The summed E-state index contributed by atoms with van der Waals surface area (Å²) in [7, 11) is 0. The van der Waals surface area contributed by atoms with Crippen molar-refractivity contribution in [3.8, 4) is 11.1 Å². The van der Waals surface area contributed by atoms with Gasteiger partial charge in [-0.15, -0.1) is 0 Å². The van der Waals surface area contributed by atoms with Gasteiger partial charge in [-0.1, -0.05) is 35.9 Å². The highest BCUT2D eigenvalue weighted by Crippen LogP contribution is 2.30. The van der Waals surface area contributed by atoms with Crippen LogP contribution in [0.4, 0.5) is 0 Å². The van der Waals surface area contributed by atoms with Crippen LogP contribution in [0.15, 0.2) is 36.4 Å². The van der Waals surface area contributed by atoms with Gasteiger partial charge < -0.3 is 0 Å². The van der Waals surface area contributed by atoms with Gasteiger partial charge in [-0.25, -0.2) is 0 Å². The van der Waals surface area contributed by atoms with Crippen molar-refractivity contribution in [1.82, 2.24) is 0 Å². The van der Waals surface area contributed by atoms with Crippen molar-refractivity contribution >= 4 is 17.4 Å². The van der Waals surface area contributed by atoms with Crippen LogP contribution in [-0.4, -0.2) is 5.78 Å². The minimum atomic E-state index is 0.00647. The minimum Gasteiger partial charge on any atom is -0.294 e. The second-order valence-corrected chi connectivity index (χ2v) is 5.85. The van der Waals surface area contributed by atoms with E-state index >= 15 is 0 Å². The predicted octanol–water partition coefficient (Wildman–Crippen LogP) is 5.09. The zero-order valence-corrected chi connectivity index (χ0v) is 12.3. The van der Waals surface area contributed by atoms with E-state index in [-0.39, 0.29) is 5.78 Å². The summed E-state index contributed by atoms with van der Waals surface area (Å²) in [6.45, 7) is 1.54. The molecule has 20 heavy (non-hydrogen) atoms. The van der Waals surface area contributed by atoms with Crippen molar-refractivity contribution in [1.29, 1.82) is 0 Å². The second-order valence-electron chi connectivity index (χ2n) is 5.44. The number of hydrogen-bond donors (Lipinski definition) is 0. The number of ketones is 1. The Morgan fingerprint density at radius 1 is 0.950 bits per heavy atom. The lowest BCUT2D eigenvalue weighted by Crippen LogP contribution is -2.02. The third kappa shape index (κ3) is 2.51. The maximum absolute atomic E-state index is 11.4. The summed E-state index contributed by atoms with van der Waals surface area (Å²) in [6, 6.07) is 12.4. The van der Waals surface area contributed by atoms with Crippen LogP contribution in [0.2, 0.25) is 5.02 Å². The Hall–Kier alpha value is -1.60. The van der Waals surface area contributed by atoms with E-state index in [1.807, 2.05) is 18.2 Å². The first-order valence-electron chi connectivity index (χ1n) is 7.08. The average Bonchev–Trinajstić information content (AvgIpc) is 2.46. The van der Waals surface area contributed by atoms with E-state index in [0.29, 0.717) is 10.6 Å². The van der Waals surface area contributed by atoms with Crippen LogP contribution in [0.3, 0.4) is 0 Å². The van der Waals surface area contributed by atoms with Crippen molar-refractivity contribution in [2.45, 2.75) is 32.6 Å². The van der Waals surface area contributed by atoms with E-state index in [1.165, 1.54) is 42.4 Å². The molecule has 0 fully saturated rings. The van der Waals surface area contributed by atoms with Gasteiger partial charge in [0.25, 0.3) is 0 Å². The molecule has 1 aliphatic rings. The van der Waals surface area contributed by atoms with Crippen molar-refractivity contribution in [3.05, 3.63) is 58.1 Å². The number of carbonyl (C=O) groups excluding carboxylic acids is 1. The zero-order chi connectivity index (χ0) is 14.1. The molecule has 0 saturated heterocycles. The van der Waals surface area contributed by atoms with Crippen LogP contribution in [0.25, 0.3) is 11.1 Å². The van der Waals surface area contributed by atoms with Crippen molar-refractivity contribution in [2.24, 2.45) is 0 Å². The first kappa shape index (κ1) is 13.4. The standard InChI is InChI=1S/C18H17ClO/c1-12(20)17-9-8-16(11-18(17)19)15-7-6-13-4-2-3-5-14(13)10-15/h6-11H,2-5H2,1H3. The molecule has 0 radical (unpaired) electrons. The largest absolute Gasteiger partial charge is 0.294 e. The molecule has 0 atom stereocenters. The zero-order valence-electron chi connectivity index (χ0n) is 11.6. The number of halogens is 1. The molecule has 0 aromatic heterocycles.